The van der Waals surface area contributed by atoms with Crippen molar-refractivity contribution in [2.45, 2.75) is 6.92 Å². The smallest absolute Gasteiger partial charge is 0.264 e. The zero-order chi connectivity index (χ0) is 10.8. The third-order valence-corrected chi connectivity index (χ3v) is 3.52. The van der Waals surface area contributed by atoms with Gasteiger partial charge in [0.1, 0.15) is 0 Å². The molecule has 0 atom stereocenters. The largest absolute Gasteiger partial charge is 0.398 e. The Morgan fingerprint density at radius 1 is 1.53 bits per heavy atom. The molecule has 4 nitrogen and oxygen atoms in total. The molecule has 1 aliphatic rings. The molecule has 0 radical (unpaired) electrons. The van der Waals surface area contributed by atoms with Crippen molar-refractivity contribution in [2.75, 3.05) is 32.0 Å². The molecule has 0 saturated carbocycles. The van der Waals surface area contributed by atoms with Crippen LogP contribution in [0.4, 0.5) is 5.69 Å². The maximum Gasteiger partial charge on any atom is 0.264 e. The first-order valence-corrected chi connectivity index (χ1v) is 5.73. The summed E-state index contributed by atoms with van der Waals surface area (Å²) in [6.07, 6.45) is 0. The van der Waals surface area contributed by atoms with Crippen molar-refractivity contribution < 1.29 is 9.53 Å². The number of amides is 1. The summed E-state index contributed by atoms with van der Waals surface area (Å²) in [6.45, 7) is 4.54. The fraction of sp³-hybridized carbons (Fsp3) is 0.500. The minimum absolute atomic E-state index is 0.0723. The first-order valence-electron chi connectivity index (χ1n) is 4.91. The van der Waals surface area contributed by atoms with Gasteiger partial charge in [-0.05, 0) is 13.0 Å². The summed E-state index contributed by atoms with van der Waals surface area (Å²) in [5.74, 6) is 0.0723. The van der Waals surface area contributed by atoms with Crippen LogP contribution in [0, 0.1) is 6.92 Å². The first kappa shape index (κ1) is 10.4. The molecule has 2 N–H and O–H groups in total. The molecule has 1 fully saturated rings. The highest BCUT2D eigenvalue weighted by Crippen LogP contribution is 2.24. The molecule has 2 heterocycles. The number of anilines is 1. The fourth-order valence-electron chi connectivity index (χ4n) is 1.52. The van der Waals surface area contributed by atoms with Crippen LogP contribution in [0.25, 0.3) is 0 Å². The van der Waals surface area contributed by atoms with Gasteiger partial charge in [-0.1, -0.05) is 0 Å². The maximum absolute atomic E-state index is 12.0. The number of carbonyl (C=O) groups excluding carboxylic acids is 1. The molecular weight excluding hydrogens is 212 g/mol. The lowest BCUT2D eigenvalue weighted by Crippen LogP contribution is -2.40. The number of thiophene rings is 1. The van der Waals surface area contributed by atoms with Crippen molar-refractivity contribution in [2.24, 2.45) is 0 Å². The van der Waals surface area contributed by atoms with E-state index in [1.54, 1.807) is 6.07 Å². The lowest BCUT2D eigenvalue weighted by molar-refractivity contribution is 0.0306. The van der Waals surface area contributed by atoms with E-state index in [4.69, 9.17) is 10.5 Å². The summed E-state index contributed by atoms with van der Waals surface area (Å²) in [5.41, 5.74) is 6.43. The van der Waals surface area contributed by atoms with Crippen LogP contribution < -0.4 is 5.73 Å². The number of nitrogen functional groups attached to an aromatic ring is 1. The molecule has 82 valence electrons. The van der Waals surface area contributed by atoms with Gasteiger partial charge in [0.25, 0.3) is 5.91 Å². The van der Waals surface area contributed by atoms with Crippen LogP contribution in [-0.2, 0) is 4.74 Å². The summed E-state index contributed by atoms with van der Waals surface area (Å²) >= 11 is 1.46. The molecule has 0 aliphatic carbocycles. The summed E-state index contributed by atoms with van der Waals surface area (Å²) in [4.78, 5) is 15.5. The molecule has 0 spiro atoms. The standard InChI is InChI=1S/C10H14N2O2S/c1-7-8(11)6-9(15-7)10(13)12-2-4-14-5-3-12/h6H,2-5,11H2,1H3. The molecule has 1 aliphatic heterocycles. The first-order chi connectivity index (χ1) is 7.18. The normalized spacial score (nSPS) is 16.7. The number of nitrogens with two attached hydrogens (primary N) is 1. The second kappa shape index (κ2) is 4.20. The molecule has 5 heteroatoms. The highest BCUT2D eigenvalue weighted by molar-refractivity contribution is 7.14. The Morgan fingerprint density at radius 3 is 2.73 bits per heavy atom. The predicted molar refractivity (Wildman–Crippen MR) is 60.2 cm³/mol. The lowest BCUT2D eigenvalue weighted by Gasteiger charge is -2.26. The van der Waals surface area contributed by atoms with Gasteiger partial charge >= 0.3 is 0 Å². The van der Waals surface area contributed by atoms with Crippen molar-refractivity contribution in [1.82, 2.24) is 4.90 Å². The number of morpholine rings is 1. The van der Waals surface area contributed by atoms with Crippen molar-refractivity contribution in [3.8, 4) is 0 Å². The van der Waals surface area contributed by atoms with Gasteiger partial charge in [0.15, 0.2) is 0 Å². The van der Waals surface area contributed by atoms with Gasteiger partial charge in [-0.2, -0.15) is 0 Å². The van der Waals surface area contributed by atoms with Gasteiger partial charge in [-0.3, -0.25) is 4.79 Å². The number of ether oxygens (including phenoxy) is 1. The topological polar surface area (TPSA) is 55.6 Å². The van der Waals surface area contributed by atoms with Crippen LogP contribution in [-0.4, -0.2) is 37.1 Å². The molecule has 2 rings (SSSR count). The molecule has 1 aromatic rings. The zero-order valence-corrected chi connectivity index (χ0v) is 9.47. The summed E-state index contributed by atoms with van der Waals surface area (Å²) in [6, 6.07) is 1.76. The Kier molecular flexibility index (Phi) is 2.93. The second-order valence-corrected chi connectivity index (χ2v) is 4.78. The van der Waals surface area contributed by atoms with Crippen molar-refractivity contribution in [3.05, 3.63) is 15.8 Å². The molecule has 0 bridgehead atoms. The molecule has 1 aromatic heterocycles. The Bertz CT molecular complexity index is 350. The van der Waals surface area contributed by atoms with Gasteiger partial charge in [0.05, 0.1) is 18.1 Å². The second-order valence-electron chi connectivity index (χ2n) is 3.53. The Labute approximate surface area is 92.6 Å². The Hall–Kier alpha value is -1.07. The number of carbonyl (C=O) groups is 1. The monoisotopic (exact) mass is 226 g/mol. The molecule has 1 saturated heterocycles. The predicted octanol–water partition coefficient (Wildman–Crippen LogP) is 1.11. The van der Waals surface area contributed by atoms with Crippen LogP contribution in [0.3, 0.4) is 0 Å². The van der Waals surface area contributed by atoms with E-state index in [0.29, 0.717) is 32.0 Å². The highest BCUT2D eigenvalue weighted by Gasteiger charge is 2.20. The van der Waals surface area contributed by atoms with Gasteiger partial charge in [-0.15, -0.1) is 11.3 Å². The Balaban J connectivity index is 2.12. The van der Waals surface area contributed by atoms with Gasteiger partial charge in [0, 0.05) is 23.7 Å². The third kappa shape index (κ3) is 2.13. The van der Waals surface area contributed by atoms with E-state index in [2.05, 4.69) is 0 Å². The fourth-order valence-corrected chi connectivity index (χ4v) is 2.43. The van der Waals surface area contributed by atoms with Gasteiger partial charge in [0.2, 0.25) is 0 Å². The highest BCUT2D eigenvalue weighted by atomic mass is 32.1. The number of nitrogens with zero attached hydrogens (tertiary/aromatic N) is 1. The number of hydrogen-bond acceptors (Lipinski definition) is 4. The van der Waals surface area contributed by atoms with Crippen LogP contribution in [0.5, 0.6) is 0 Å². The molecule has 0 aromatic carbocycles. The van der Waals surface area contributed by atoms with E-state index < -0.39 is 0 Å². The van der Waals surface area contributed by atoms with Crippen molar-refractivity contribution >= 4 is 22.9 Å². The third-order valence-electron chi connectivity index (χ3n) is 2.47. The van der Waals surface area contributed by atoms with Crippen LogP contribution in [0.2, 0.25) is 0 Å². The Morgan fingerprint density at radius 2 is 2.20 bits per heavy atom. The van der Waals surface area contributed by atoms with Crippen molar-refractivity contribution in [3.63, 3.8) is 0 Å². The molecular formula is C10H14N2O2S. The average Bonchev–Trinajstić information content (AvgIpc) is 2.59. The molecule has 1 amide bonds. The van der Waals surface area contributed by atoms with E-state index in [0.717, 1.165) is 9.75 Å². The molecule has 0 unspecified atom stereocenters. The van der Waals surface area contributed by atoms with Crippen LogP contribution in [0.1, 0.15) is 14.5 Å². The summed E-state index contributed by atoms with van der Waals surface area (Å²) in [7, 11) is 0. The van der Waals surface area contributed by atoms with Crippen LogP contribution >= 0.6 is 11.3 Å². The molecule has 15 heavy (non-hydrogen) atoms. The van der Waals surface area contributed by atoms with E-state index in [1.165, 1.54) is 11.3 Å². The van der Waals surface area contributed by atoms with Gasteiger partial charge < -0.3 is 15.4 Å². The van der Waals surface area contributed by atoms with E-state index >= 15 is 0 Å². The average molecular weight is 226 g/mol. The van der Waals surface area contributed by atoms with Crippen molar-refractivity contribution in [1.29, 1.82) is 0 Å². The quantitative estimate of drug-likeness (QED) is 0.780. The zero-order valence-electron chi connectivity index (χ0n) is 8.66. The minimum Gasteiger partial charge on any atom is -0.398 e. The summed E-state index contributed by atoms with van der Waals surface area (Å²) < 4.78 is 5.20. The van der Waals surface area contributed by atoms with E-state index in [-0.39, 0.29) is 5.91 Å². The maximum atomic E-state index is 12.0. The SMILES string of the molecule is Cc1sc(C(=O)N2CCOCC2)cc1N. The minimum atomic E-state index is 0.0723. The number of rotatable bonds is 1. The van der Waals surface area contributed by atoms with Crippen LogP contribution in [0.15, 0.2) is 6.07 Å². The number of aryl methyl sites for hydroxylation is 1. The number of hydrogen-bond donors (Lipinski definition) is 1. The van der Waals surface area contributed by atoms with Gasteiger partial charge in [-0.25, -0.2) is 0 Å². The summed E-state index contributed by atoms with van der Waals surface area (Å²) in [5, 5.41) is 0. The van der Waals surface area contributed by atoms with E-state index in [9.17, 15) is 4.79 Å². The lowest BCUT2D eigenvalue weighted by atomic mass is 10.3. The van der Waals surface area contributed by atoms with E-state index in [1.807, 2.05) is 11.8 Å².